The van der Waals surface area contributed by atoms with Crippen molar-refractivity contribution in [2.45, 2.75) is 42.8 Å². The zero-order valence-corrected chi connectivity index (χ0v) is 23.5. The van der Waals surface area contributed by atoms with E-state index in [1.54, 1.807) is 12.1 Å². The topological polar surface area (TPSA) is 102 Å². The van der Waals surface area contributed by atoms with Crippen LogP contribution in [0.25, 0.3) is 0 Å². The summed E-state index contributed by atoms with van der Waals surface area (Å²) in [6.45, 7) is 2.10. The van der Waals surface area contributed by atoms with Crippen LogP contribution in [0.4, 0.5) is 5.69 Å². The minimum atomic E-state index is -4.10. The van der Waals surface area contributed by atoms with Crippen LogP contribution in [0.1, 0.15) is 30.4 Å². The highest BCUT2D eigenvalue weighted by Gasteiger charge is 2.49. The van der Waals surface area contributed by atoms with Gasteiger partial charge in [-0.3, -0.25) is 14.5 Å². The number of hydrogen-bond acceptors (Lipinski definition) is 6. The number of likely N-dealkylation sites (tertiary alicyclic amines) is 1. The smallest absolute Gasteiger partial charge is 0.252 e. The molecule has 0 bridgehead atoms. The Morgan fingerprint density at radius 3 is 2.18 bits per heavy atom. The van der Waals surface area contributed by atoms with Gasteiger partial charge >= 0.3 is 0 Å². The second-order valence-electron chi connectivity index (χ2n) is 9.73. The maximum absolute atomic E-state index is 14.1. The lowest BCUT2D eigenvalue weighted by Gasteiger charge is -2.39. The monoisotopic (exact) mass is 606 g/mol. The maximum atomic E-state index is 14.1. The molecule has 2 fully saturated rings. The second kappa shape index (κ2) is 11.4. The molecule has 0 saturated carbocycles. The summed E-state index contributed by atoms with van der Waals surface area (Å²) in [5.74, 6) is -1.04. The summed E-state index contributed by atoms with van der Waals surface area (Å²) in [6.07, 6.45) is 0.841. The highest BCUT2D eigenvalue weighted by atomic mass is 79.9. The third-order valence-corrected chi connectivity index (χ3v) is 9.74. The molecule has 5 rings (SSSR count). The van der Waals surface area contributed by atoms with E-state index >= 15 is 0 Å². The largest absolute Gasteiger partial charge is 0.299 e. The summed E-state index contributed by atoms with van der Waals surface area (Å²) in [7, 11) is -4.10. The summed E-state index contributed by atoms with van der Waals surface area (Å²) >= 11 is 3.35. The van der Waals surface area contributed by atoms with Gasteiger partial charge in [-0.05, 0) is 66.9 Å². The van der Waals surface area contributed by atoms with Crippen molar-refractivity contribution in [1.29, 1.82) is 5.26 Å². The van der Waals surface area contributed by atoms with E-state index in [4.69, 9.17) is 5.26 Å². The van der Waals surface area contributed by atoms with Gasteiger partial charge in [0.25, 0.3) is 5.91 Å². The number of rotatable bonds is 7. The molecule has 2 heterocycles. The summed E-state index contributed by atoms with van der Waals surface area (Å²) in [4.78, 5) is 30.2. The van der Waals surface area contributed by atoms with Gasteiger partial charge in [-0.25, -0.2) is 13.3 Å². The number of halogens is 1. The van der Waals surface area contributed by atoms with Crippen LogP contribution in [0.5, 0.6) is 0 Å². The third kappa shape index (κ3) is 5.68. The van der Waals surface area contributed by atoms with Crippen molar-refractivity contribution in [3.63, 3.8) is 0 Å². The molecular weight excluding hydrogens is 580 g/mol. The minimum Gasteiger partial charge on any atom is -0.299 e. The van der Waals surface area contributed by atoms with Crippen molar-refractivity contribution >= 4 is 43.5 Å². The molecule has 8 nitrogen and oxygen atoms in total. The van der Waals surface area contributed by atoms with Crippen LogP contribution in [0.3, 0.4) is 0 Å². The lowest BCUT2D eigenvalue weighted by Crippen LogP contribution is -2.53. The molecule has 2 aliphatic heterocycles. The van der Waals surface area contributed by atoms with Gasteiger partial charge in [0, 0.05) is 30.1 Å². The normalized spacial score (nSPS) is 19.0. The molecule has 3 aromatic carbocycles. The standard InChI is InChI=1S/C29H27BrN4O4S/c30-23-8-12-26(13-9-23)39(37,38)34(25-14-16-32(17-15-25)20-22-4-2-1-3-5-22)27-18-28(35)33(29(27)36)24-10-6-21(19-31)7-11-24/h1-13,25,27H,14-18,20H2. The number of anilines is 1. The van der Waals surface area contributed by atoms with E-state index in [0.717, 1.165) is 15.9 Å². The molecule has 0 N–H and O–H groups in total. The zero-order chi connectivity index (χ0) is 27.6. The van der Waals surface area contributed by atoms with Crippen LogP contribution in [0.15, 0.2) is 88.2 Å². The Morgan fingerprint density at radius 1 is 0.923 bits per heavy atom. The Kier molecular flexibility index (Phi) is 7.96. The first-order valence-corrected chi connectivity index (χ1v) is 14.9. The average Bonchev–Trinajstić information content (AvgIpc) is 3.23. The molecule has 0 spiro atoms. The Balaban J connectivity index is 1.44. The highest BCUT2D eigenvalue weighted by Crippen LogP contribution is 2.34. The molecule has 1 unspecified atom stereocenters. The van der Waals surface area contributed by atoms with E-state index in [9.17, 15) is 18.0 Å². The molecule has 10 heteroatoms. The molecule has 3 aromatic rings. The lowest BCUT2D eigenvalue weighted by molar-refractivity contribution is -0.122. The van der Waals surface area contributed by atoms with Crippen LogP contribution < -0.4 is 4.90 Å². The van der Waals surface area contributed by atoms with Crippen molar-refractivity contribution in [3.8, 4) is 6.07 Å². The van der Waals surface area contributed by atoms with Gasteiger partial charge < -0.3 is 0 Å². The SMILES string of the molecule is N#Cc1ccc(N2C(=O)CC(N(C3CCN(Cc4ccccc4)CC3)S(=O)(=O)c3ccc(Br)cc3)C2=O)cc1. The molecule has 0 aromatic heterocycles. The Bertz CT molecular complexity index is 1500. The third-order valence-electron chi connectivity index (χ3n) is 7.24. The van der Waals surface area contributed by atoms with E-state index in [1.807, 2.05) is 24.3 Å². The number of piperidine rings is 1. The first-order chi connectivity index (χ1) is 18.8. The minimum absolute atomic E-state index is 0.0782. The number of carbonyl (C=O) groups is 2. The number of nitriles is 1. The zero-order valence-electron chi connectivity index (χ0n) is 21.1. The molecule has 200 valence electrons. The first-order valence-electron chi connectivity index (χ1n) is 12.7. The summed E-state index contributed by atoms with van der Waals surface area (Å²) in [6, 6.07) is 23.0. The fraction of sp³-hybridized carbons (Fsp3) is 0.276. The van der Waals surface area contributed by atoms with Gasteiger partial charge in [0.15, 0.2) is 0 Å². The number of carbonyl (C=O) groups excluding carboxylic acids is 2. The van der Waals surface area contributed by atoms with Gasteiger partial charge in [-0.1, -0.05) is 46.3 Å². The lowest BCUT2D eigenvalue weighted by atomic mass is 10.0. The van der Waals surface area contributed by atoms with E-state index in [0.29, 0.717) is 37.2 Å². The summed E-state index contributed by atoms with van der Waals surface area (Å²) in [5, 5.41) is 9.10. The van der Waals surface area contributed by atoms with Gasteiger partial charge in [0.2, 0.25) is 15.9 Å². The van der Waals surface area contributed by atoms with E-state index in [-0.39, 0.29) is 11.3 Å². The number of imide groups is 1. The van der Waals surface area contributed by atoms with Crippen LogP contribution in [0.2, 0.25) is 0 Å². The molecule has 0 radical (unpaired) electrons. The van der Waals surface area contributed by atoms with E-state index < -0.39 is 33.9 Å². The number of amides is 2. The van der Waals surface area contributed by atoms with E-state index in [2.05, 4.69) is 33.0 Å². The van der Waals surface area contributed by atoms with Crippen LogP contribution in [-0.2, 0) is 26.2 Å². The number of sulfonamides is 1. The average molecular weight is 608 g/mol. The predicted octanol–water partition coefficient (Wildman–Crippen LogP) is 4.31. The quantitative estimate of drug-likeness (QED) is 0.371. The molecular formula is C29H27BrN4O4S. The summed E-state index contributed by atoms with van der Waals surface area (Å²) < 4.78 is 30.1. The fourth-order valence-corrected chi connectivity index (χ4v) is 7.38. The van der Waals surface area contributed by atoms with Crippen molar-refractivity contribution < 1.29 is 18.0 Å². The maximum Gasteiger partial charge on any atom is 0.252 e. The Hall–Kier alpha value is -3.36. The van der Waals surface area contributed by atoms with Crippen molar-refractivity contribution in [1.82, 2.24) is 9.21 Å². The Morgan fingerprint density at radius 2 is 1.56 bits per heavy atom. The van der Waals surface area contributed by atoms with Crippen molar-refractivity contribution in [2.24, 2.45) is 0 Å². The second-order valence-corrected chi connectivity index (χ2v) is 12.5. The van der Waals surface area contributed by atoms with Crippen LogP contribution >= 0.6 is 15.9 Å². The fourth-order valence-electron chi connectivity index (χ4n) is 5.29. The number of nitrogens with zero attached hydrogens (tertiary/aromatic N) is 4. The summed E-state index contributed by atoms with van der Waals surface area (Å²) in [5.41, 5.74) is 1.91. The van der Waals surface area contributed by atoms with E-state index in [1.165, 1.54) is 46.3 Å². The van der Waals surface area contributed by atoms with Gasteiger partial charge in [-0.15, -0.1) is 0 Å². The van der Waals surface area contributed by atoms with Gasteiger partial charge in [0.05, 0.1) is 28.6 Å². The van der Waals surface area contributed by atoms with Gasteiger partial charge in [0.1, 0.15) is 6.04 Å². The molecule has 2 saturated heterocycles. The van der Waals surface area contributed by atoms with Crippen molar-refractivity contribution in [2.75, 3.05) is 18.0 Å². The number of benzene rings is 3. The molecule has 2 amide bonds. The van der Waals surface area contributed by atoms with Crippen LogP contribution in [-0.4, -0.2) is 54.6 Å². The van der Waals surface area contributed by atoms with Crippen LogP contribution in [0, 0.1) is 11.3 Å². The number of hydrogen-bond donors (Lipinski definition) is 0. The predicted molar refractivity (Wildman–Crippen MR) is 150 cm³/mol. The first kappa shape index (κ1) is 27.2. The molecule has 2 aliphatic rings. The van der Waals surface area contributed by atoms with Gasteiger partial charge in [-0.2, -0.15) is 9.57 Å². The molecule has 0 aliphatic carbocycles. The highest BCUT2D eigenvalue weighted by molar-refractivity contribution is 9.10. The molecule has 39 heavy (non-hydrogen) atoms. The Labute approximate surface area is 236 Å². The molecule has 1 atom stereocenters. The van der Waals surface area contributed by atoms with Crippen molar-refractivity contribution in [3.05, 3.63) is 94.5 Å².